The molecule has 3 N–H and O–H groups in total. The van der Waals surface area contributed by atoms with Crippen LogP contribution >= 0.6 is 0 Å². The number of ether oxygens (including phenoxy) is 1. The van der Waals surface area contributed by atoms with Crippen LogP contribution in [-0.2, 0) is 4.74 Å². The molecule has 0 bridgehead atoms. The molecular formula is C7H12F3NO2. The lowest BCUT2D eigenvalue weighted by atomic mass is 10.0. The van der Waals surface area contributed by atoms with E-state index >= 15 is 0 Å². The molecule has 0 unspecified atom stereocenters. The molecule has 0 saturated heterocycles. The largest absolute Gasteiger partial charge is 0.502 e. The third-order valence-corrected chi connectivity index (χ3v) is 1.41. The number of aliphatic hydroxyl groups is 1. The Morgan fingerprint density at radius 3 is 2.31 bits per heavy atom. The standard InChI is InChI=1S/C7H12F3NO2/c1-2-13-4-3-6(12,5-11)7(8,9)10/h3-4,12H,2,5,11H2,1H3/b4-3-/t6-/m1/s1. The fourth-order valence-electron chi connectivity index (χ4n) is 0.535. The fraction of sp³-hybridized carbons (Fsp3) is 0.714. The maximum Gasteiger partial charge on any atom is 0.422 e. The van der Waals surface area contributed by atoms with E-state index in [1.165, 1.54) is 0 Å². The molecule has 0 aliphatic rings. The van der Waals surface area contributed by atoms with Crippen molar-refractivity contribution >= 4 is 0 Å². The minimum absolute atomic E-state index is 0.231. The van der Waals surface area contributed by atoms with Crippen LogP contribution < -0.4 is 5.73 Å². The van der Waals surface area contributed by atoms with Crippen molar-refractivity contribution in [3.8, 4) is 0 Å². The Morgan fingerprint density at radius 2 is 2.00 bits per heavy atom. The molecule has 0 spiro atoms. The number of hydrogen-bond acceptors (Lipinski definition) is 3. The van der Waals surface area contributed by atoms with Gasteiger partial charge in [0.15, 0.2) is 5.60 Å². The van der Waals surface area contributed by atoms with Crippen molar-refractivity contribution in [2.24, 2.45) is 5.73 Å². The van der Waals surface area contributed by atoms with Gasteiger partial charge >= 0.3 is 6.18 Å². The van der Waals surface area contributed by atoms with E-state index in [0.717, 1.165) is 6.26 Å². The average molecular weight is 199 g/mol. The Balaban J connectivity index is 4.46. The van der Waals surface area contributed by atoms with Gasteiger partial charge in [0, 0.05) is 6.54 Å². The van der Waals surface area contributed by atoms with Gasteiger partial charge in [-0.15, -0.1) is 0 Å². The summed E-state index contributed by atoms with van der Waals surface area (Å²) < 4.78 is 40.8. The van der Waals surface area contributed by atoms with Crippen LogP contribution in [0.25, 0.3) is 0 Å². The van der Waals surface area contributed by atoms with Crippen molar-refractivity contribution < 1.29 is 23.0 Å². The molecule has 0 aromatic carbocycles. The molecule has 0 aromatic rings. The molecule has 0 heterocycles. The fourth-order valence-corrected chi connectivity index (χ4v) is 0.535. The van der Waals surface area contributed by atoms with Crippen LogP contribution in [-0.4, -0.2) is 30.0 Å². The van der Waals surface area contributed by atoms with Crippen molar-refractivity contribution in [1.29, 1.82) is 0 Å². The topological polar surface area (TPSA) is 55.5 Å². The minimum atomic E-state index is -4.78. The summed E-state index contributed by atoms with van der Waals surface area (Å²) in [6.07, 6.45) is -3.49. The highest BCUT2D eigenvalue weighted by Crippen LogP contribution is 2.30. The predicted molar refractivity (Wildman–Crippen MR) is 40.8 cm³/mol. The predicted octanol–water partition coefficient (Wildman–Crippen LogP) is 0.789. The second kappa shape index (κ2) is 4.48. The van der Waals surface area contributed by atoms with Crippen LogP contribution in [0.3, 0.4) is 0 Å². The van der Waals surface area contributed by atoms with E-state index in [0.29, 0.717) is 6.08 Å². The summed E-state index contributed by atoms with van der Waals surface area (Å²) in [6, 6.07) is 0. The van der Waals surface area contributed by atoms with E-state index < -0.39 is 18.3 Å². The zero-order chi connectivity index (χ0) is 10.5. The lowest BCUT2D eigenvalue weighted by molar-refractivity contribution is -0.235. The van der Waals surface area contributed by atoms with Gasteiger partial charge < -0.3 is 15.6 Å². The average Bonchev–Trinajstić information content (AvgIpc) is 2.02. The van der Waals surface area contributed by atoms with Crippen LogP contribution in [0, 0.1) is 0 Å². The van der Waals surface area contributed by atoms with Gasteiger partial charge in [-0.3, -0.25) is 0 Å². The highest BCUT2D eigenvalue weighted by Gasteiger charge is 2.51. The van der Waals surface area contributed by atoms with E-state index in [9.17, 15) is 13.2 Å². The van der Waals surface area contributed by atoms with Gasteiger partial charge in [-0.25, -0.2) is 0 Å². The Morgan fingerprint density at radius 1 is 1.46 bits per heavy atom. The van der Waals surface area contributed by atoms with E-state index in [-0.39, 0.29) is 6.61 Å². The first-order valence-corrected chi connectivity index (χ1v) is 3.66. The molecule has 13 heavy (non-hydrogen) atoms. The number of hydrogen-bond donors (Lipinski definition) is 2. The molecule has 0 aliphatic carbocycles. The van der Waals surface area contributed by atoms with E-state index in [4.69, 9.17) is 10.8 Å². The summed E-state index contributed by atoms with van der Waals surface area (Å²) >= 11 is 0. The smallest absolute Gasteiger partial charge is 0.422 e. The van der Waals surface area contributed by atoms with Crippen molar-refractivity contribution in [2.75, 3.05) is 13.2 Å². The summed E-state index contributed by atoms with van der Waals surface area (Å²) in [7, 11) is 0. The second-order valence-corrected chi connectivity index (χ2v) is 2.38. The summed E-state index contributed by atoms with van der Waals surface area (Å²) in [4.78, 5) is 0. The Hall–Kier alpha value is -0.750. The number of alkyl halides is 3. The maximum atomic E-state index is 12.1. The quantitative estimate of drug-likeness (QED) is 0.658. The van der Waals surface area contributed by atoms with Gasteiger partial charge in [-0.2, -0.15) is 13.2 Å². The monoisotopic (exact) mass is 199 g/mol. The van der Waals surface area contributed by atoms with E-state index in [1.807, 2.05) is 0 Å². The first-order valence-electron chi connectivity index (χ1n) is 3.66. The molecular weight excluding hydrogens is 187 g/mol. The van der Waals surface area contributed by atoms with Gasteiger partial charge in [-0.1, -0.05) is 0 Å². The number of nitrogens with two attached hydrogens (primary N) is 1. The zero-order valence-electron chi connectivity index (χ0n) is 7.14. The Labute approximate surface area is 74.0 Å². The summed E-state index contributed by atoms with van der Waals surface area (Å²) in [6.45, 7) is 0.911. The first-order chi connectivity index (χ1) is 5.87. The molecule has 0 saturated carbocycles. The highest BCUT2D eigenvalue weighted by molar-refractivity contribution is 5.04. The van der Waals surface area contributed by atoms with Crippen LogP contribution in [0.5, 0.6) is 0 Å². The summed E-state index contributed by atoms with van der Waals surface area (Å²) in [5.74, 6) is 0. The maximum absolute atomic E-state index is 12.1. The Bertz CT molecular complexity index is 181. The molecule has 0 aromatic heterocycles. The van der Waals surface area contributed by atoms with Gasteiger partial charge in [0.1, 0.15) is 0 Å². The molecule has 0 aliphatic heterocycles. The zero-order valence-corrected chi connectivity index (χ0v) is 7.14. The van der Waals surface area contributed by atoms with E-state index in [1.54, 1.807) is 6.92 Å². The SMILES string of the molecule is CCO/C=C\[C@@](O)(CN)C(F)(F)F. The van der Waals surface area contributed by atoms with Gasteiger partial charge in [-0.05, 0) is 13.0 Å². The third-order valence-electron chi connectivity index (χ3n) is 1.41. The molecule has 0 radical (unpaired) electrons. The van der Waals surface area contributed by atoms with Crippen LogP contribution in [0.2, 0.25) is 0 Å². The Kier molecular flexibility index (Phi) is 4.22. The molecule has 78 valence electrons. The van der Waals surface area contributed by atoms with Crippen LogP contribution in [0.15, 0.2) is 12.3 Å². The minimum Gasteiger partial charge on any atom is -0.502 e. The van der Waals surface area contributed by atoms with Crippen molar-refractivity contribution in [3.63, 3.8) is 0 Å². The molecule has 0 rings (SSSR count). The van der Waals surface area contributed by atoms with Gasteiger partial charge in [0.05, 0.1) is 12.9 Å². The van der Waals surface area contributed by atoms with Crippen LogP contribution in [0.1, 0.15) is 6.92 Å². The lowest BCUT2D eigenvalue weighted by Gasteiger charge is -2.25. The second-order valence-electron chi connectivity index (χ2n) is 2.38. The molecule has 6 heteroatoms. The number of rotatable bonds is 4. The molecule has 0 amide bonds. The third kappa shape index (κ3) is 3.23. The summed E-state index contributed by atoms with van der Waals surface area (Å²) in [5.41, 5.74) is 1.80. The summed E-state index contributed by atoms with van der Waals surface area (Å²) in [5, 5.41) is 8.97. The number of halogens is 3. The first kappa shape index (κ1) is 12.2. The molecule has 1 atom stereocenters. The normalized spacial score (nSPS) is 17.4. The van der Waals surface area contributed by atoms with Crippen LogP contribution in [0.4, 0.5) is 13.2 Å². The van der Waals surface area contributed by atoms with Crippen molar-refractivity contribution in [1.82, 2.24) is 0 Å². The lowest BCUT2D eigenvalue weighted by Crippen LogP contribution is -2.49. The van der Waals surface area contributed by atoms with Gasteiger partial charge in [0.2, 0.25) is 0 Å². The van der Waals surface area contributed by atoms with E-state index in [2.05, 4.69) is 4.74 Å². The highest BCUT2D eigenvalue weighted by atomic mass is 19.4. The molecule has 0 fully saturated rings. The molecule has 3 nitrogen and oxygen atoms in total. The van der Waals surface area contributed by atoms with Crippen molar-refractivity contribution in [2.45, 2.75) is 18.7 Å². The van der Waals surface area contributed by atoms with Gasteiger partial charge in [0.25, 0.3) is 0 Å². The van der Waals surface area contributed by atoms with Crippen molar-refractivity contribution in [3.05, 3.63) is 12.3 Å².